The quantitative estimate of drug-likeness (QED) is 0.867. The molecule has 4 nitrogen and oxygen atoms in total. The van der Waals surface area contributed by atoms with E-state index in [1.165, 1.54) is 24.8 Å². The first-order chi connectivity index (χ1) is 10.2. The molecule has 0 N–H and O–H groups in total. The van der Waals surface area contributed by atoms with E-state index in [1.54, 1.807) is 11.3 Å². The van der Waals surface area contributed by atoms with Crippen molar-refractivity contribution in [3.8, 4) is 0 Å². The summed E-state index contributed by atoms with van der Waals surface area (Å²) >= 11 is 1.77. The first-order valence-electron chi connectivity index (χ1n) is 7.49. The normalized spacial score (nSPS) is 19.6. The van der Waals surface area contributed by atoms with Crippen LogP contribution >= 0.6 is 11.3 Å². The van der Waals surface area contributed by atoms with Gasteiger partial charge in [-0.05, 0) is 47.8 Å². The molecule has 0 bridgehead atoms. The second kappa shape index (κ2) is 6.54. The van der Waals surface area contributed by atoms with Crippen LogP contribution < -0.4 is 4.90 Å². The molecule has 112 valence electrons. The fraction of sp³-hybridized carbons (Fsp3) is 0.500. The fourth-order valence-electron chi connectivity index (χ4n) is 2.90. The Morgan fingerprint density at radius 2 is 2.24 bits per heavy atom. The van der Waals surface area contributed by atoms with Crippen LogP contribution in [0.15, 0.2) is 29.1 Å². The van der Waals surface area contributed by atoms with Gasteiger partial charge in [0.15, 0.2) is 0 Å². The van der Waals surface area contributed by atoms with Crippen molar-refractivity contribution in [1.82, 2.24) is 14.9 Å². The zero-order valence-electron chi connectivity index (χ0n) is 12.7. The van der Waals surface area contributed by atoms with E-state index in [0.717, 1.165) is 24.7 Å². The van der Waals surface area contributed by atoms with E-state index in [9.17, 15) is 0 Å². The SMILES string of the molecule is CN(C)c1nccc([C@@H]2CCCCN2Cc2ccsc2)n1. The van der Waals surface area contributed by atoms with E-state index in [4.69, 9.17) is 4.98 Å². The summed E-state index contributed by atoms with van der Waals surface area (Å²) in [7, 11) is 3.98. The Morgan fingerprint density at radius 1 is 1.33 bits per heavy atom. The average molecular weight is 302 g/mol. The minimum Gasteiger partial charge on any atom is -0.347 e. The molecule has 0 radical (unpaired) electrons. The number of piperidine rings is 1. The van der Waals surface area contributed by atoms with Gasteiger partial charge in [-0.15, -0.1) is 0 Å². The number of thiophene rings is 1. The highest BCUT2D eigenvalue weighted by Gasteiger charge is 2.25. The van der Waals surface area contributed by atoms with Crippen molar-refractivity contribution in [2.75, 3.05) is 25.5 Å². The van der Waals surface area contributed by atoms with Crippen LogP contribution in [-0.4, -0.2) is 35.5 Å². The highest BCUT2D eigenvalue weighted by Crippen LogP contribution is 2.31. The molecule has 5 heteroatoms. The molecule has 1 aliphatic heterocycles. The van der Waals surface area contributed by atoms with Gasteiger partial charge in [-0.2, -0.15) is 11.3 Å². The molecule has 0 aromatic carbocycles. The number of aromatic nitrogens is 2. The molecular formula is C16H22N4S. The minimum atomic E-state index is 0.417. The Labute approximate surface area is 130 Å². The Balaban J connectivity index is 1.81. The third kappa shape index (κ3) is 3.41. The largest absolute Gasteiger partial charge is 0.347 e. The number of hydrogen-bond donors (Lipinski definition) is 0. The van der Waals surface area contributed by atoms with Crippen molar-refractivity contribution in [2.45, 2.75) is 31.8 Å². The van der Waals surface area contributed by atoms with Gasteiger partial charge in [0.2, 0.25) is 5.95 Å². The Bertz CT molecular complexity index is 567. The summed E-state index contributed by atoms with van der Waals surface area (Å²) in [5.74, 6) is 0.800. The molecule has 2 aromatic rings. The van der Waals surface area contributed by atoms with Crippen LogP contribution in [0.1, 0.15) is 36.6 Å². The van der Waals surface area contributed by atoms with Crippen molar-refractivity contribution < 1.29 is 0 Å². The molecule has 1 atom stereocenters. The molecule has 0 aliphatic carbocycles. The highest BCUT2D eigenvalue weighted by atomic mass is 32.1. The average Bonchev–Trinajstić information content (AvgIpc) is 3.01. The molecule has 0 amide bonds. The molecule has 3 heterocycles. The van der Waals surface area contributed by atoms with Gasteiger partial charge in [0, 0.05) is 26.8 Å². The van der Waals surface area contributed by atoms with Crippen LogP contribution in [0.3, 0.4) is 0 Å². The van der Waals surface area contributed by atoms with Gasteiger partial charge >= 0.3 is 0 Å². The predicted molar refractivity (Wildman–Crippen MR) is 87.7 cm³/mol. The zero-order chi connectivity index (χ0) is 14.7. The molecular weight excluding hydrogens is 280 g/mol. The lowest BCUT2D eigenvalue weighted by molar-refractivity contribution is 0.137. The molecule has 1 aliphatic rings. The maximum atomic E-state index is 4.75. The number of likely N-dealkylation sites (tertiary alicyclic amines) is 1. The van der Waals surface area contributed by atoms with Crippen molar-refractivity contribution in [3.63, 3.8) is 0 Å². The molecule has 1 fully saturated rings. The second-order valence-electron chi connectivity index (χ2n) is 5.79. The van der Waals surface area contributed by atoms with Gasteiger partial charge in [0.25, 0.3) is 0 Å². The monoisotopic (exact) mass is 302 g/mol. The lowest BCUT2D eigenvalue weighted by atomic mass is 9.98. The Morgan fingerprint density at radius 3 is 3.00 bits per heavy atom. The molecule has 3 rings (SSSR count). The molecule has 21 heavy (non-hydrogen) atoms. The second-order valence-corrected chi connectivity index (χ2v) is 6.57. The van der Waals surface area contributed by atoms with Crippen LogP contribution in [0.4, 0.5) is 5.95 Å². The topological polar surface area (TPSA) is 32.3 Å². The molecule has 0 unspecified atom stereocenters. The molecule has 1 saturated heterocycles. The summed E-state index contributed by atoms with van der Waals surface area (Å²) in [5.41, 5.74) is 2.57. The number of anilines is 1. The number of hydrogen-bond acceptors (Lipinski definition) is 5. The van der Waals surface area contributed by atoms with Gasteiger partial charge in [0.1, 0.15) is 0 Å². The Kier molecular flexibility index (Phi) is 4.51. The van der Waals surface area contributed by atoms with E-state index in [1.807, 2.05) is 25.2 Å². The standard InChI is InChI=1S/C16H22N4S/c1-19(2)16-17-8-6-14(18-16)15-5-3-4-9-20(15)11-13-7-10-21-12-13/h6-8,10,12,15H,3-5,9,11H2,1-2H3/t15-/m0/s1. The van der Waals surface area contributed by atoms with Crippen molar-refractivity contribution in [3.05, 3.63) is 40.3 Å². The summed E-state index contributed by atoms with van der Waals surface area (Å²) in [6.45, 7) is 2.18. The molecule has 0 saturated carbocycles. The van der Waals surface area contributed by atoms with Crippen LogP contribution in [0.2, 0.25) is 0 Å². The van der Waals surface area contributed by atoms with Crippen molar-refractivity contribution in [1.29, 1.82) is 0 Å². The number of rotatable bonds is 4. The van der Waals surface area contributed by atoms with E-state index in [2.05, 4.69) is 32.8 Å². The van der Waals surface area contributed by atoms with E-state index >= 15 is 0 Å². The summed E-state index contributed by atoms with van der Waals surface area (Å²) < 4.78 is 0. The van der Waals surface area contributed by atoms with Gasteiger partial charge in [-0.3, -0.25) is 4.90 Å². The van der Waals surface area contributed by atoms with E-state index in [-0.39, 0.29) is 0 Å². The smallest absolute Gasteiger partial charge is 0.225 e. The number of nitrogens with zero attached hydrogens (tertiary/aromatic N) is 4. The van der Waals surface area contributed by atoms with E-state index in [0.29, 0.717) is 6.04 Å². The van der Waals surface area contributed by atoms with E-state index < -0.39 is 0 Å². The first kappa shape index (κ1) is 14.5. The minimum absolute atomic E-state index is 0.417. The molecule has 0 spiro atoms. The third-order valence-electron chi connectivity index (χ3n) is 3.99. The van der Waals surface area contributed by atoms with Crippen molar-refractivity contribution >= 4 is 17.3 Å². The van der Waals surface area contributed by atoms with Crippen LogP contribution in [0, 0.1) is 0 Å². The first-order valence-corrected chi connectivity index (χ1v) is 8.44. The fourth-order valence-corrected chi connectivity index (χ4v) is 3.56. The lowest BCUT2D eigenvalue weighted by Crippen LogP contribution is -2.33. The predicted octanol–water partition coefficient (Wildman–Crippen LogP) is 3.33. The maximum absolute atomic E-state index is 4.75. The highest BCUT2D eigenvalue weighted by molar-refractivity contribution is 7.07. The van der Waals surface area contributed by atoms with Crippen LogP contribution in [0.5, 0.6) is 0 Å². The summed E-state index contributed by atoms with van der Waals surface area (Å²) in [5, 5.41) is 4.40. The van der Waals surface area contributed by atoms with Crippen LogP contribution in [-0.2, 0) is 6.54 Å². The summed E-state index contributed by atoms with van der Waals surface area (Å²) in [6.07, 6.45) is 5.64. The molecule has 2 aromatic heterocycles. The lowest BCUT2D eigenvalue weighted by Gasteiger charge is -2.35. The van der Waals surface area contributed by atoms with Crippen LogP contribution in [0.25, 0.3) is 0 Å². The Hall–Kier alpha value is -1.46. The van der Waals surface area contributed by atoms with Gasteiger partial charge in [-0.25, -0.2) is 9.97 Å². The zero-order valence-corrected chi connectivity index (χ0v) is 13.5. The van der Waals surface area contributed by atoms with Gasteiger partial charge < -0.3 is 4.90 Å². The maximum Gasteiger partial charge on any atom is 0.225 e. The van der Waals surface area contributed by atoms with Gasteiger partial charge in [0.05, 0.1) is 11.7 Å². The summed E-state index contributed by atoms with van der Waals surface area (Å²) in [6, 6.07) is 4.71. The third-order valence-corrected chi connectivity index (χ3v) is 4.72. The van der Waals surface area contributed by atoms with Gasteiger partial charge in [-0.1, -0.05) is 6.42 Å². The van der Waals surface area contributed by atoms with Crippen molar-refractivity contribution in [2.24, 2.45) is 0 Å². The summed E-state index contributed by atoms with van der Waals surface area (Å²) in [4.78, 5) is 13.6.